The summed E-state index contributed by atoms with van der Waals surface area (Å²) in [5.74, 6) is -5.13. The van der Waals surface area contributed by atoms with Crippen molar-refractivity contribution in [3.05, 3.63) is 65.9 Å². The SMILES string of the molecule is CC(=O)N[C@H](Cc1ccc(O)cc1)C(=O)N[C@H](Cc1c[nH]c2ccccc12)C(=O)N[C@@H](CC(N)=O)C(=O)N[C@H](C(N)=O)[C@@H](C)O. The third kappa shape index (κ3) is 9.79. The first-order valence-corrected chi connectivity index (χ1v) is 14.0. The van der Waals surface area contributed by atoms with Crippen molar-refractivity contribution < 1.29 is 39.0 Å². The smallest absolute Gasteiger partial charge is 0.243 e. The minimum absolute atomic E-state index is 0.0138. The average molecular weight is 624 g/mol. The van der Waals surface area contributed by atoms with E-state index in [0.717, 1.165) is 10.9 Å². The molecule has 0 spiro atoms. The van der Waals surface area contributed by atoms with Gasteiger partial charge in [-0.2, -0.15) is 0 Å². The number of hydrogen-bond acceptors (Lipinski definition) is 8. The maximum Gasteiger partial charge on any atom is 0.243 e. The zero-order valence-corrected chi connectivity index (χ0v) is 24.7. The number of aromatic hydroxyl groups is 1. The molecule has 0 bridgehead atoms. The Balaban J connectivity index is 1.92. The molecule has 0 aliphatic carbocycles. The van der Waals surface area contributed by atoms with Gasteiger partial charge in [-0.15, -0.1) is 0 Å². The molecule has 15 heteroatoms. The second kappa shape index (κ2) is 15.3. The number of carbonyl (C=O) groups excluding carboxylic acids is 6. The number of phenols is 1. The summed E-state index contributed by atoms with van der Waals surface area (Å²) >= 11 is 0. The molecule has 15 nitrogen and oxygen atoms in total. The van der Waals surface area contributed by atoms with Crippen LogP contribution < -0.4 is 32.7 Å². The Morgan fingerprint density at radius 3 is 1.96 bits per heavy atom. The van der Waals surface area contributed by atoms with E-state index in [1.165, 1.54) is 26.0 Å². The van der Waals surface area contributed by atoms with Crippen molar-refractivity contribution in [1.82, 2.24) is 26.3 Å². The van der Waals surface area contributed by atoms with Crippen LogP contribution in [0.15, 0.2) is 54.7 Å². The fourth-order valence-electron chi connectivity index (χ4n) is 4.69. The number of benzene rings is 2. The number of nitrogens with two attached hydrogens (primary N) is 2. The van der Waals surface area contributed by atoms with E-state index in [1.54, 1.807) is 24.4 Å². The number of fused-ring (bicyclic) bond motifs is 1. The van der Waals surface area contributed by atoms with Crippen molar-refractivity contribution in [2.24, 2.45) is 11.5 Å². The van der Waals surface area contributed by atoms with Gasteiger partial charge in [0.2, 0.25) is 35.4 Å². The number of hydrogen-bond donors (Lipinski definition) is 9. The van der Waals surface area contributed by atoms with Crippen molar-refractivity contribution >= 4 is 46.3 Å². The first-order chi connectivity index (χ1) is 21.2. The Kier molecular flexibility index (Phi) is 11.6. The van der Waals surface area contributed by atoms with Gasteiger partial charge in [0.25, 0.3) is 0 Å². The second-order valence-electron chi connectivity index (χ2n) is 10.6. The van der Waals surface area contributed by atoms with Gasteiger partial charge in [-0.1, -0.05) is 30.3 Å². The molecule has 0 saturated carbocycles. The molecule has 0 unspecified atom stereocenters. The molecule has 1 aromatic heterocycles. The Morgan fingerprint density at radius 2 is 1.38 bits per heavy atom. The largest absolute Gasteiger partial charge is 0.508 e. The van der Waals surface area contributed by atoms with Crippen LogP contribution in [0.5, 0.6) is 5.75 Å². The molecule has 240 valence electrons. The molecule has 3 rings (SSSR count). The molecule has 0 aliphatic heterocycles. The first kappa shape index (κ1) is 34.1. The summed E-state index contributed by atoms with van der Waals surface area (Å²) < 4.78 is 0. The number of para-hydroxylation sites is 1. The van der Waals surface area contributed by atoms with Gasteiger partial charge in [0, 0.05) is 36.9 Å². The quantitative estimate of drug-likeness (QED) is 0.0946. The molecule has 0 radical (unpaired) electrons. The van der Waals surface area contributed by atoms with Gasteiger partial charge in [-0.3, -0.25) is 28.8 Å². The van der Waals surface area contributed by atoms with Crippen LogP contribution in [0.2, 0.25) is 0 Å². The van der Waals surface area contributed by atoms with Gasteiger partial charge < -0.3 is 47.9 Å². The number of nitrogens with one attached hydrogen (secondary N) is 5. The highest BCUT2D eigenvalue weighted by Gasteiger charge is 2.33. The van der Waals surface area contributed by atoms with E-state index in [4.69, 9.17) is 11.5 Å². The van der Waals surface area contributed by atoms with Gasteiger partial charge in [-0.05, 0) is 36.2 Å². The van der Waals surface area contributed by atoms with E-state index in [2.05, 4.69) is 26.3 Å². The Hall–Kier alpha value is -5.44. The van der Waals surface area contributed by atoms with Crippen molar-refractivity contribution in [1.29, 1.82) is 0 Å². The predicted molar refractivity (Wildman–Crippen MR) is 162 cm³/mol. The summed E-state index contributed by atoms with van der Waals surface area (Å²) in [5, 5.41) is 30.0. The highest BCUT2D eigenvalue weighted by molar-refractivity contribution is 5.97. The first-order valence-electron chi connectivity index (χ1n) is 14.0. The van der Waals surface area contributed by atoms with Crippen LogP contribution in [-0.4, -0.2) is 80.9 Å². The van der Waals surface area contributed by atoms with E-state index in [-0.39, 0.29) is 18.6 Å². The van der Waals surface area contributed by atoms with E-state index in [0.29, 0.717) is 11.1 Å². The number of amides is 6. The predicted octanol–water partition coefficient (Wildman–Crippen LogP) is -1.64. The number of carbonyl (C=O) groups is 6. The monoisotopic (exact) mass is 623 g/mol. The summed E-state index contributed by atoms with van der Waals surface area (Å²) in [5.41, 5.74) is 12.6. The topological polar surface area (TPSA) is 259 Å². The summed E-state index contributed by atoms with van der Waals surface area (Å²) in [4.78, 5) is 78.9. The molecule has 45 heavy (non-hydrogen) atoms. The summed E-state index contributed by atoms with van der Waals surface area (Å²) in [7, 11) is 0. The molecule has 0 saturated heterocycles. The van der Waals surface area contributed by atoms with E-state index in [9.17, 15) is 39.0 Å². The molecule has 5 atom stereocenters. The van der Waals surface area contributed by atoms with Crippen LogP contribution in [0.4, 0.5) is 0 Å². The number of aliphatic hydroxyl groups is 1. The molecule has 3 aromatic rings. The Labute approximate surface area is 258 Å². The molecule has 2 aromatic carbocycles. The van der Waals surface area contributed by atoms with Crippen molar-refractivity contribution in [3.8, 4) is 5.75 Å². The lowest BCUT2D eigenvalue weighted by atomic mass is 10.0. The van der Waals surface area contributed by atoms with Crippen LogP contribution in [-0.2, 0) is 41.6 Å². The molecular weight excluding hydrogens is 586 g/mol. The normalized spacial score (nSPS) is 14.3. The van der Waals surface area contributed by atoms with Crippen LogP contribution >= 0.6 is 0 Å². The van der Waals surface area contributed by atoms with Gasteiger partial charge in [0.05, 0.1) is 12.5 Å². The van der Waals surface area contributed by atoms with Crippen molar-refractivity contribution in [3.63, 3.8) is 0 Å². The van der Waals surface area contributed by atoms with E-state index in [1.807, 2.05) is 18.2 Å². The van der Waals surface area contributed by atoms with Crippen LogP contribution in [0.3, 0.4) is 0 Å². The van der Waals surface area contributed by atoms with Gasteiger partial charge in [-0.25, -0.2) is 0 Å². The number of primary amides is 2. The lowest BCUT2D eigenvalue weighted by Crippen LogP contribution is -2.60. The van der Waals surface area contributed by atoms with Crippen LogP contribution in [0.1, 0.15) is 31.4 Å². The van der Waals surface area contributed by atoms with Gasteiger partial charge in [0.15, 0.2) is 0 Å². The number of aromatic amines is 1. The van der Waals surface area contributed by atoms with E-state index < -0.39 is 72.1 Å². The Morgan fingerprint density at radius 1 is 0.800 bits per heavy atom. The third-order valence-electron chi connectivity index (χ3n) is 6.93. The van der Waals surface area contributed by atoms with E-state index >= 15 is 0 Å². The third-order valence-corrected chi connectivity index (χ3v) is 6.93. The maximum absolute atomic E-state index is 13.7. The zero-order valence-electron chi connectivity index (χ0n) is 24.7. The maximum atomic E-state index is 13.7. The molecule has 6 amide bonds. The summed E-state index contributed by atoms with van der Waals surface area (Å²) in [6, 6.07) is 7.67. The fraction of sp³-hybridized carbons (Fsp3) is 0.333. The Bertz CT molecular complexity index is 1550. The van der Waals surface area contributed by atoms with Crippen molar-refractivity contribution in [2.45, 2.75) is 63.4 Å². The second-order valence-corrected chi connectivity index (χ2v) is 10.6. The minimum Gasteiger partial charge on any atom is -0.508 e. The molecule has 1 heterocycles. The molecular formula is C30H37N7O8. The molecule has 0 fully saturated rings. The minimum atomic E-state index is -1.60. The number of H-pyrrole nitrogens is 1. The van der Waals surface area contributed by atoms with Crippen molar-refractivity contribution in [2.75, 3.05) is 0 Å². The highest BCUT2D eigenvalue weighted by Crippen LogP contribution is 2.20. The van der Waals surface area contributed by atoms with Gasteiger partial charge >= 0.3 is 0 Å². The molecule has 0 aliphatic rings. The number of phenolic OH excluding ortho intramolecular Hbond substituents is 1. The highest BCUT2D eigenvalue weighted by atomic mass is 16.3. The summed E-state index contributed by atoms with van der Waals surface area (Å²) in [6.07, 6.45) is -0.452. The number of rotatable bonds is 15. The lowest BCUT2D eigenvalue weighted by molar-refractivity contribution is -0.135. The average Bonchev–Trinajstić information content (AvgIpc) is 3.37. The standard InChI is InChI=1S/C30H37N7O8/c1-15(38)26(27(32)42)37-30(45)24(13-25(31)41)36-29(44)23(12-18-14-33-21-6-4-3-5-20(18)21)35-28(43)22(34-16(2)39)11-17-7-9-19(40)10-8-17/h3-10,14-15,22-24,26,33,38,40H,11-13H2,1-2H3,(H2,31,41)(H2,32,42)(H,34,39)(H,35,43)(H,36,44)(H,37,45)/t15-,22-,23-,24+,26+/m1/s1. The number of aliphatic hydroxyl groups excluding tert-OH is 1. The van der Waals surface area contributed by atoms with Gasteiger partial charge in [0.1, 0.15) is 29.9 Å². The summed E-state index contributed by atoms with van der Waals surface area (Å²) in [6.45, 7) is 2.45. The van der Waals surface area contributed by atoms with Crippen LogP contribution in [0, 0.1) is 0 Å². The lowest BCUT2D eigenvalue weighted by Gasteiger charge is -2.26. The fourth-order valence-corrected chi connectivity index (χ4v) is 4.69. The van der Waals surface area contributed by atoms with Crippen LogP contribution in [0.25, 0.3) is 10.9 Å². The molecule has 11 N–H and O–H groups in total. The zero-order chi connectivity index (χ0) is 33.3. The number of aromatic nitrogens is 1.